The van der Waals surface area contributed by atoms with E-state index in [4.69, 9.17) is 0 Å². The predicted octanol–water partition coefficient (Wildman–Crippen LogP) is 2.66. The molecular formula is C15H14N4OS. The van der Waals surface area contributed by atoms with Gasteiger partial charge in [-0.15, -0.1) is 11.3 Å². The van der Waals surface area contributed by atoms with Crippen molar-refractivity contribution in [1.82, 2.24) is 14.6 Å². The summed E-state index contributed by atoms with van der Waals surface area (Å²) < 4.78 is 1.34. The van der Waals surface area contributed by atoms with E-state index in [1.54, 1.807) is 36.9 Å². The Morgan fingerprint density at radius 3 is 2.86 bits per heavy atom. The van der Waals surface area contributed by atoms with E-state index in [1.807, 2.05) is 26.0 Å². The minimum Gasteiger partial charge on any atom is -0.267 e. The zero-order valence-corrected chi connectivity index (χ0v) is 12.8. The van der Waals surface area contributed by atoms with Gasteiger partial charge in [0.1, 0.15) is 10.7 Å². The zero-order valence-electron chi connectivity index (χ0n) is 12.0. The normalized spacial score (nSPS) is 11.6. The number of thiophene rings is 1. The Morgan fingerprint density at radius 1 is 1.33 bits per heavy atom. The maximum absolute atomic E-state index is 12.6. The maximum atomic E-state index is 12.6. The molecule has 3 heterocycles. The van der Waals surface area contributed by atoms with E-state index in [0.29, 0.717) is 11.2 Å². The molecule has 3 aromatic heterocycles. The van der Waals surface area contributed by atoms with Gasteiger partial charge < -0.3 is 0 Å². The van der Waals surface area contributed by atoms with Gasteiger partial charge in [-0.25, -0.2) is 4.98 Å². The Labute approximate surface area is 125 Å². The van der Waals surface area contributed by atoms with Crippen LogP contribution in [0.25, 0.3) is 10.2 Å². The van der Waals surface area contributed by atoms with Gasteiger partial charge in [0.05, 0.1) is 11.6 Å². The summed E-state index contributed by atoms with van der Waals surface area (Å²) in [6, 6.07) is 3.70. The van der Waals surface area contributed by atoms with Crippen molar-refractivity contribution in [1.29, 1.82) is 0 Å². The third-order valence-corrected chi connectivity index (χ3v) is 4.45. The smallest absolute Gasteiger partial charge is 0.267 e. The second kappa shape index (κ2) is 5.21. The van der Waals surface area contributed by atoms with E-state index in [2.05, 4.69) is 15.1 Å². The Kier molecular flexibility index (Phi) is 3.39. The minimum absolute atomic E-state index is 0.125. The summed E-state index contributed by atoms with van der Waals surface area (Å²) in [5, 5.41) is 4.92. The first kappa shape index (κ1) is 13.6. The number of aromatic nitrogens is 3. The molecule has 0 radical (unpaired) electrons. The Bertz CT molecular complexity index is 893. The van der Waals surface area contributed by atoms with Gasteiger partial charge in [0.2, 0.25) is 0 Å². The number of nitrogens with zero attached hydrogens (tertiary/aromatic N) is 4. The molecule has 5 nitrogen and oxygen atoms in total. The molecule has 6 heteroatoms. The van der Waals surface area contributed by atoms with Crippen LogP contribution in [0, 0.1) is 20.8 Å². The van der Waals surface area contributed by atoms with Crippen LogP contribution in [0.15, 0.2) is 34.4 Å². The van der Waals surface area contributed by atoms with E-state index < -0.39 is 0 Å². The molecule has 3 aromatic rings. The van der Waals surface area contributed by atoms with Gasteiger partial charge in [-0.2, -0.15) is 9.78 Å². The predicted molar refractivity (Wildman–Crippen MR) is 85.3 cm³/mol. The van der Waals surface area contributed by atoms with Crippen LogP contribution in [0.3, 0.4) is 0 Å². The molecule has 0 saturated carbocycles. The number of pyridine rings is 1. The molecule has 106 valence electrons. The molecular weight excluding hydrogens is 284 g/mol. The first-order valence-electron chi connectivity index (χ1n) is 6.51. The molecule has 0 aliphatic carbocycles. The Morgan fingerprint density at radius 2 is 2.14 bits per heavy atom. The topological polar surface area (TPSA) is 60.1 Å². The second-order valence-corrected chi connectivity index (χ2v) is 5.97. The lowest BCUT2D eigenvalue weighted by Crippen LogP contribution is -2.20. The van der Waals surface area contributed by atoms with Crippen LogP contribution in [-0.2, 0) is 0 Å². The lowest BCUT2D eigenvalue weighted by molar-refractivity contribution is 0.772. The van der Waals surface area contributed by atoms with Crippen LogP contribution in [0.2, 0.25) is 0 Å². The molecule has 21 heavy (non-hydrogen) atoms. The fraction of sp³-hybridized carbons (Fsp3) is 0.200. The van der Waals surface area contributed by atoms with Crippen LogP contribution in [0.1, 0.15) is 21.8 Å². The molecule has 0 atom stereocenters. The number of rotatable bonds is 2. The fourth-order valence-electron chi connectivity index (χ4n) is 2.10. The summed E-state index contributed by atoms with van der Waals surface area (Å²) in [5.41, 5.74) is 1.69. The average Bonchev–Trinajstić information content (AvgIpc) is 2.74. The van der Waals surface area contributed by atoms with Crippen LogP contribution in [-0.4, -0.2) is 20.9 Å². The van der Waals surface area contributed by atoms with Crippen LogP contribution >= 0.6 is 11.3 Å². The number of fused-ring (bicyclic) bond motifs is 1. The molecule has 0 aromatic carbocycles. The van der Waals surface area contributed by atoms with Gasteiger partial charge in [0.25, 0.3) is 5.56 Å². The van der Waals surface area contributed by atoms with Crippen molar-refractivity contribution in [2.75, 3.05) is 0 Å². The van der Waals surface area contributed by atoms with Crippen molar-refractivity contribution in [3.8, 4) is 0 Å². The van der Waals surface area contributed by atoms with Gasteiger partial charge in [-0.05, 0) is 32.4 Å². The molecule has 0 bridgehead atoms. The first-order chi connectivity index (χ1) is 10.1. The molecule has 0 fully saturated rings. The largest absolute Gasteiger partial charge is 0.283 e. The van der Waals surface area contributed by atoms with Gasteiger partial charge in [0.15, 0.2) is 0 Å². The summed E-state index contributed by atoms with van der Waals surface area (Å²) in [6.45, 7) is 5.73. The molecule has 3 rings (SSSR count). The van der Waals surface area contributed by atoms with Gasteiger partial charge in [0, 0.05) is 22.8 Å². The molecule has 0 amide bonds. The highest BCUT2D eigenvalue weighted by Crippen LogP contribution is 2.26. The molecule has 0 aliphatic heterocycles. The van der Waals surface area contributed by atoms with Crippen molar-refractivity contribution < 1.29 is 0 Å². The van der Waals surface area contributed by atoms with Gasteiger partial charge >= 0.3 is 0 Å². The van der Waals surface area contributed by atoms with Crippen LogP contribution in [0.5, 0.6) is 0 Å². The summed E-state index contributed by atoms with van der Waals surface area (Å²) >= 11 is 1.54. The van der Waals surface area contributed by atoms with Gasteiger partial charge in [-0.3, -0.25) is 9.78 Å². The van der Waals surface area contributed by atoms with E-state index in [0.717, 1.165) is 20.8 Å². The quantitative estimate of drug-likeness (QED) is 0.683. The van der Waals surface area contributed by atoms with E-state index in [-0.39, 0.29) is 5.56 Å². The van der Waals surface area contributed by atoms with E-state index in [9.17, 15) is 4.79 Å². The molecule has 0 unspecified atom stereocenters. The van der Waals surface area contributed by atoms with Crippen molar-refractivity contribution in [2.24, 2.45) is 5.10 Å². The standard InChI is InChI=1S/C15H14N4OS/c1-9-10(2)21-14-13(9)15(20)19(11(3)18-14)17-8-12-5-4-6-16-7-12/h4-8H,1-3H3/b17-8+. The molecule has 0 aliphatic rings. The highest BCUT2D eigenvalue weighted by Gasteiger charge is 2.13. The summed E-state index contributed by atoms with van der Waals surface area (Å²) in [4.78, 5) is 23.0. The van der Waals surface area contributed by atoms with Gasteiger partial charge in [-0.1, -0.05) is 6.07 Å². The Balaban J connectivity index is 2.17. The van der Waals surface area contributed by atoms with Crippen molar-refractivity contribution in [2.45, 2.75) is 20.8 Å². The monoisotopic (exact) mass is 298 g/mol. The second-order valence-electron chi connectivity index (χ2n) is 4.77. The SMILES string of the molecule is Cc1sc2nc(C)n(/N=C/c3cccnc3)c(=O)c2c1C. The Hall–Kier alpha value is -2.34. The molecule has 0 spiro atoms. The van der Waals surface area contributed by atoms with Crippen molar-refractivity contribution in [3.63, 3.8) is 0 Å². The summed E-state index contributed by atoms with van der Waals surface area (Å²) in [5.74, 6) is 0.578. The number of hydrogen-bond acceptors (Lipinski definition) is 5. The maximum Gasteiger partial charge on any atom is 0.283 e. The summed E-state index contributed by atoms with van der Waals surface area (Å²) in [7, 11) is 0. The van der Waals surface area contributed by atoms with Crippen molar-refractivity contribution in [3.05, 3.63) is 56.7 Å². The zero-order chi connectivity index (χ0) is 15.0. The first-order valence-corrected chi connectivity index (χ1v) is 7.33. The lowest BCUT2D eigenvalue weighted by Gasteiger charge is -2.03. The van der Waals surface area contributed by atoms with E-state index >= 15 is 0 Å². The number of aryl methyl sites for hydroxylation is 3. The number of hydrogen-bond donors (Lipinski definition) is 0. The van der Waals surface area contributed by atoms with Crippen molar-refractivity contribution >= 4 is 27.8 Å². The molecule has 0 N–H and O–H groups in total. The lowest BCUT2D eigenvalue weighted by atomic mass is 10.2. The molecule has 0 saturated heterocycles. The average molecular weight is 298 g/mol. The minimum atomic E-state index is -0.125. The summed E-state index contributed by atoms with van der Waals surface area (Å²) in [6.07, 6.45) is 5.00. The third kappa shape index (κ3) is 2.38. The fourth-order valence-corrected chi connectivity index (χ4v) is 3.16. The van der Waals surface area contributed by atoms with E-state index in [1.165, 1.54) is 4.68 Å². The highest BCUT2D eigenvalue weighted by molar-refractivity contribution is 7.18. The van der Waals surface area contributed by atoms with Crippen LogP contribution < -0.4 is 5.56 Å². The third-order valence-electron chi connectivity index (χ3n) is 3.35. The van der Waals surface area contributed by atoms with Crippen LogP contribution in [0.4, 0.5) is 0 Å². The highest BCUT2D eigenvalue weighted by atomic mass is 32.1.